The standard InChI is InChI=1S/C6H12N2/c1-5-2-7-4-6(1)8-3-5/h5-8H,1-4H2/i/hD. The Morgan fingerprint density at radius 2 is 2.38 bits per heavy atom. The molecule has 46 valence electrons. The maximum Gasteiger partial charge on any atom is 0.122 e. The van der Waals surface area contributed by atoms with Gasteiger partial charge in [-0.25, -0.2) is 0 Å². The lowest BCUT2D eigenvalue weighted by Crippen LogP contribution is -2.36. The van der Waals surface area contributed by atoms with Crippen LogP contribution >= 0.6 is 0 Å². The zero-order valence-corrected chi connectivity index (χ0v) is 4.93. The van der Waals surface area contributed by atoms with Crippen LogP contribution in [0.2, 0.25) is 1.41 Å². The fourth-order valence-electron chi connectivity index (χ4n) is 1.59. The predicted octanol–water partition coefficient (Wildman–Crippen LogP) is -0.432. The van der Waals surface area contributed by atoms with Crippen LogP contribution in [0.25, 0.3) is 0 Å². The van der Waals surface area contributed by atoms with Gasteiger partial charge in [0.25, 0.3) is 0 Å². The lowest BCUT2D eigenvalue weighted by Gasteiger charge is -2.17. The molecule has 0 aromatic carbocycles. The first kappa shape index (κ1) is 3.85. The third kappa shape index (κ3) is 0.644. The molecule has 0 amide bonds. The van der Waals surface area contributed by atoms with Crippen molar-refractivity contribution in [3.8, 4) is 0 Å². The van der Waals surface area contributed by atoms with Crippen LogP contribution in [0, 0.1) is 5.92 Å². The summed E-state index contributed by atoms with van der Waals surface area (Å²) in [4.78, 5) is 0. The van der Waals surface area contributed by atoms with Crippen molar-refractivity contribution in [2.24, 2.45) is 5.92 Å². The summed E-state index contributed by atoms with van der Waals surface area (Å²) in [5.41, 5.74) is 0. The molecule has 2 saturated heterocycles. The lowest BCUT2D eigenvalue weighted by molar-refractivity contribution is 0.429. The van der Waals surface area contributed by atoms with E-state index in [-0.39, 0.29) is 0 Å². The summed E-state index contributed by atoms with van der Waals surface area (Å²) < 4.78 is 7.37. The Labute approximate surface area is 51.1 Å². The quantitative estimate of drug-likeness (QED) is 0.445. The SMILES string of the molecule is [2H]N1CC2CNC(C2)C1. The van der Waals surface area contributed by atoms with Gasteiger partial charge >= 0.3 is 0 Å². The van der Waals surface area contributed by atoms with Crippen LogP contribution < -0.4 is 10.6 Å². The van der Waals surface area contributed by atoms with Crippen molar-refractivity contribution in [2.45, 2.75) is 12.5 Å². The van der Waals surface area contributed by atoms with Gasteiger partial charge in [-0.15, -0.1) is 0 Å². The van der Waals surface area contributed by atoms with Crippen molar-refractivity contribution < 1.29 is 1.41 Å². The summed E-state index contributed by atoms with van der Waals surface area (Å²) >= 11 is 0. The average molecular weight is 113 g/mol. The number of rotatable bonds is 0. The summed E-state index contributed by atoms with van der Waals surface area (Å²) in [5, 5.41) is 5.07. The molecule has 2 N–H and O–H groups in total. The monoisotopic (exact) mass is 113 g/mol. The van der Waals surface area contributed by atoms with Crippen LogP contribution in [0.3, 0.4) is 0 Å². The van der Waals surface area contributed by atoms with Crippen molar-refractivity contribution in [1.29, 1.82) is 0 Å². The Bertz CT molecular complexity index is 106. The smallest absolute Gasteiger partial charge is 0.122 e. The van der Waals surface area contributed by atoms with E-state index in [2.05, 4.69) is 5.32 Å². The molecule has 0 saturated carbocycles. The second kappa shape index (κ2) is 1.71. The summed E-state index contributed by atoms with van der Waals surface area (Å²) in [7, 11) is 0. The zero-order chi connectivity index (χ0) is 6.27. The number of piperidine rings is 1. The number of nitrogens with one attached hydrogen (secondary N) is 2. The first-order valence-corrected chi connectivity index (χ1v) is 3.32. The predicted molar refractivity (Wildman–Crippen MR) is 32.8 cm³/mol. The molecule has 0 radical (unpaired) electrons. The van der Waals surface area contributed by atoms with Crippen molar-refractivity contribution in [3.05, 3.63) is 0 Å². The molecule has 0 aromatic rings. The van der Waals surface area contributed by atoms with Gasteiger partial charge in [-0.1, -0.05) is 0 Å². The molecule has 2 unspecified atom stereocenters. The highest BCUT2D eigenvalue weighted by Gasteiger charge is 2.26. The van der Waals surface area contributed by atoms with Crippen LogP contribution in [0.15, 0.2) is 0 Å². The Hall–Kier alpha value is -0.0800. The highest BCUT2D eigenvalue weighted by atomic mass is 15.1. The molecular formula is C6H12N2. The molecule has 2 atom stereocenters. The van der Waals surface area contributed by atoms with Crippen LogP contribution in [-0.2, 0) is 0 Å². The molecule has 2 fully saturated rings. The van der Waals surface area contributed by atoms with E-state index in [1.54, 1.807) is 5.31 Å². The molecule has 2 aliphatic rings. The van der Waals surface area contributed by atoms with E-state index in [9.17, 15) is 0 Å². The summed E-state index contributed by atoms with van der Waals surface area (Å²) in [6.45, 7) is 3.04. The Morgan fingerprint density at radius 1 is 1.38 bits per heavy atom. The second-order valence-corrected chi connectivity index (χ2v) is 2.80. The van der Waals surface area contributed by atoms with Crippen LogP contribution in [0.5, 0.6) is 0 Å². The molecule has 2 aliphatic heterocycles. The molecule has 0 aromatic heterocycles. The molecule has 2 heterocycles. The van der Waals surface area contributed by atoms with Crippen molar-refractivity contribution in [3.63, 3.8) is 0 Å². The van der Waals surface area contributed by atoms with Crippen LogP contribution in [-0.4, -0.2) is 25.7 Å². The molecule has 0 spiro atoms. The maximum atomic E-state index is 7.37. The Kier molecular flexibility index (Phi) is 0.822. The van der Waals surface area contributed by atoms with Gasteiger partial charge in [0, 0.05) is 12.6 Å². The number of hydrogen-bond acceptors (Lipinski definition) is 2. The second-order valence-electron chi connectivity index (χ2n) is 2.80. The normalized spacial score (nSPS) is 49.2. The van der Waals surface area contributed by atoms with Gasteiger partial charge in [0.1, 0.15) is 1.41 Å². The van der Waals surface area contributed by atoms with Crippen LogP contribution in [0.1, 0.15) is 6.42 Å². The zero-order valence-electron chi connectivity index (χ0n) is 5.93. The molecule has 2 heteroatoms. The van der Waals surface area contributed by atoms with E-state index in [0.717, 1.165) is 25.6 Å². The van der Waals surface area contributed by atoms with Gasteiger partial charge in [-0.3, -0.25) is 0 Å². The summed E-state index contributed by atoms with van der Waals surface area (Å²) in [5.74, 6) is 0.765. The molecular weight excluding hydrogens is 100 g/mol. The van der Waals surface area contributed by atoms with Crippen LogP contribution in [0.4, 0.5) is 0 Å². The van der Waals surface area contributed by atoms with Crippen molar-refractivity contribution in [1.82, 2.24) is 10.6 Å². The van der Waals surface area contributed by atoms with Gasteiger partial charge in [0.05, 0.1) is 0 Å². The van der Waals surface area contributed by atoms with E-state index < -0.39 is 0 Å². The van der Waals surface area contributed by atoms with E-state index in [4.69, 9.17) is 1.41 Å². The van der Waals surface area contributed by atoms with E-state index >= 15 is 0 Å². The lowest BCUT2D eigenvalue weighted by atomic mass is 10.0. The highest BCUT2D eigenvalue weighted by molar-refractivity contribution is 4.88. The first-order valence-electron chi connectivity index (χ1n) is 3.76. The largest absolute Gasteiger partial charge is 0.315 e. The summed E-state index contributed by atoms with van der Waals surface area (Å²) in [6.07, 6.45) is 1.30. The van der Waals surface area contributed by atoms with Crippen molar-refractivity contribution in [2.75, 3.05) is 19.6 Å². The van der Waals surface area contributed by atoms with Gasteiger partial charge in [-0.2, -0.15) is 0 Å². The minimum Gasteiger partial charge on any atom is -0.315 e. The molecule has 2 rings (SSSR count). The summed E-state index contributed by atoms with van der Waals surface area (Å²) in [6, 6.07) is 0.626. The topological polar surface area (TPSA) is 24.1 Å². The third-order valence-electron chi connectivity index (χ3n) is 2.05. The fourth-order valence-corrected chi connectivity index (χ4v) is 1.59. The van der Waals surface area contributed by atoms with Gasteiger partial charge in [0.2, 0.25) is 0 Å². The van der Waals surface area contributed by atoms with E-state index in [1.807, 2.05) is 0 Å². The van der Waals surface area contributed by atoms with Crippen molar-refractivity contribution >= 4 is 0 Å². The molecule has 0 aliphatic carbocycles. The molecule has 8 heavy (non-hydrogen) atoms. The van der Waals surface area contributed by atoms with E-state index in [1.165, 1.54) is 6.42 Å². The van der Waals surface area contributed by atoms with Gasteiger partial charge < -0.3 is 10.6 Å². The van der Waals surface area contributed by atoms with Gasteiger partial charge in [-0.05, 0) is 25.4 Å². The maximum absolute atomic E-state index is 7.37. The minimum absolute atomic E-state index is 0.626. The minimum atomic E-state index is 0.626. The molecule has 2 bridgehead atoms. The Morgan fingerprint density at radius 3 is 3.25 bits per heavy atom. The third-order valence-corrected chi connectivity index (χ3v) is 2.05. The highest BCUT2D eigenvalue weighted by Crippen LogP contribution is 2.15. The first-order chi connectivity index (χ1) is 4.34. The molecule has 2 nitrogen and oxygen atoms in total. The fraction of sp³-hybridized carbons (Fsp3) is 1.00. The number of fused-ring (bicyclic) bond motifs is 2. The van der Waals surface area contributed by atoms with E-state index in [0.29, 0.717) is 6.04 Å². The van der Waals surface area contributed by atoms with Gasteiger partial charge in [0.15, 0.2) is 0 Å². The number of hydrogen-bond donors (Lipinski definition) is 2. The Balaban J connectivity index is 2.03. The average Bonchev–Trinajstić information content (AvgIpc) is 2.11.